The molecule has 0 radical (unpaired) electrons. The van der Waals surface area contributed by atoms with Crippen molar-refractivity contribution in [2.24, 2.45) is 0 Å². The molecule has 0 aromatic heterocycles. The van der Waals surface area contributed by atoms with E-state index < -0.39 is 12.0 Å². The van der Waals surface area contributed by atoms with E-state index in [0.717, 1.165) is 12.0 Å². The summed E-state index contributed by atoms with van der Waals surface area (Å²) in [5.41, 5.74) is 1.08. The second kappa shape index (κ2) is 9.07. The van der Waals surface area contributed by atoms with Crippen LogP contribution in [-0.4, -0.2) is 31.1 Å². The number of carbonyl (C=O) groups is 2. The summed E-state index contributed by atoms with van der Waals surface area (Å²) in [4.78, 5) is 23.3. The Morgan fingerprint density at radius 1 is 1.18 bits per heavy atom. The standard InChI is InChI=1S/C17H25NO4/c1-5-12(3)14-9-7-8-10-15(14)22-11-16(19)18-13(4)17(20)21-6-2/h7-10,12-13H,5-6,11H2,1-4H3,(H,18,19). The average Bonchev–Trinajstić information content (AvgIpc) is 2.52. The van der Waals surface area contributed by atoms with Gasteiger partial charge in [-0.15, -0.1) is 0 Å². The van der Waals surface area contributed by atoms with Gasteiger partial charge in [-0.05, 0) is 37.8 Å². The van der Waals surface area contributed by atoms with E-state index in [1.54, 1.807) is 13.8 Å². The van der Waals surface area contributed by atoms with Crippen LogP contribution in [0.2, 0.25) is 0 Å². The van der Waals surface area contributed by atoms with Gasteiger partial charge in [0.1, 0.15) is 11.8 Å². The minimum atomic E-state index is -0.680. The lowest BCUT2D eigenvalue weighted by Gasteiger charge is -2.16. The zero-order chi connectivity index (χ0) is 16.5. The zero-order valence-corrected chi connectivity index (χ0v) is 13.7. The van der Waals surface area contributed by atoms with Crippen LogP contribution in [0.25, 0.3) is 0 Å². The molecule has 1 aromatic carbocycles. The summed E-state index contributed by atoms with van der Waals surface area (Å²) in [5.74, 6) is 0.267. The first-order valence-corrected chi connectivity index (χ1v) is 7.67. The number of benzene rings is 1. The predicted molar refractivity (Wildman–Crippen MR) is 84.9 cm³/mol. The molecule has 0 saturated carbocycles. The van der Waals surface area contributed by atoms with Gasteiger partial charge in [-0.2, -0.15) is 0 Å². The Morgan fingerprint density at radius 2 is 1.86 bits per heavy atom. The van der Waals surface area contributed by atoms with Crippen LogP contribution in [0.3, 0.4) is 0 Å². The van der Waals surface area contributed by atoms with Gasteiger partial charge in [-0.3, -0.25) is 4.79 Å². The molecule has 2 unspecified atom stereocenters. The molecule has 0 spiro atoms. The van der Waals surface area contributed by atoms with E-state index in [-0.39, 0.29) is 19.1 Å². The Labute approximate surface area is 132 Å². The van der Waals surface area contributed by atoms with Crippen molar-refractivity contribution in [1.82, 2.24) is 5.32 Å². The number of esters is 1. The maximum absolute atomic E-state index is 11.8. The highest BCUT2D eigenvalue weighted by Crippen LogP contribution is 2.28. The Morgan fingerprint density at radius 3 is 2.50 bits per heavy atom. The van der Waals surface area contributed by atoms with Crippen molar-refractivity contribution in [1.29, 1.82) is 0 Å². The molecule has 0 aliphatic carbocycles. The molecule has 0 aliphatic rings. The second-order valence-electron chi connectivity index (χ2n) is 5.18. The van der Waals surface area contributed by atoms with E-state index in [2.05, 4.69) is 19.2 Å². The molecule has 1 N–H and O–H groups in total. The largest absolute Gasteiger partial charge is 0.483 e. The number of hydrogen-bond acceptors (Lipinski definition) is 4. The summed E-state index contributed by atoms with van der Waals surface area (Å²) in [6.45, 7) is 7.69. The second-order valence-corrected chi connectivity index (χ2v) is 5.18. The number of nitrogens with one attached hydrogen (secondary N) is 1. The quantitative estimate of drug-likeness (QED) is 0.750. The van der Waals surface area contributed by atoms with Gasteiger partial charge in [0.25, 0.3) is 5.91 Å². The predicted octanol–water partition coefficient (Wildman–Crippen LogP) is 2.65. The Bertz CT molecular complexity index is 501. The highest BCUT2D eigenvalue weighted by atomic mass is 16.5. The lowest BCUT2D eigenvalue weighted by Crippen LogP contribution is -2.41. The van der Waals surface area contributed by atoms with Gasteiger partial charge < -0.3 is 14.8 Å². The summed E-state index contributed by atoms with van der Waals surface area (Å²) >= 11 is 0. The van der Waals surface area contributed by atoms with Crippen molar-refractivity contribution in [2.45, 2.75) is 46.1 Å². The van der Waals surface area contributed by atoms with Crippen LogP contribution in [0.15, 0.2) is 24.3 Å². The molecule has 1 amide bonds. The molecular formula is C17H25NO4. The van der Waals surface area contributed by atoms with Gasteiger partial charge in [-0.1, -0.05) is 32.0 Å². The monoisotopic (exact) mass is 307 g/mol. The maximum atomic E-state index is 11.8. The van der Waals surface area contributed by atoms with E-state index in [0.29, 0.717) is 11.7 Å². The van der Waals surface area contributed by atoms with Gasteiger partial charge in [0, 0.05) is 0 Å². The van der Waals surface area contributed by atoms with Crippen LogP contribution in [0.4, 0.5) is 0 Å². The molecule has 0 heterocycles. The Kier molecular flexibility index (Phi) is 7.43. The summed E-state index contributed by atoms with van der Waals surface area (Å²) in [6.07, 6.45) is 0.993. The minimum absolute atomic E-state index is 0.128. The third-order valence-corrected chi connectivity index (χ3v) is 3.44. The highest BCUT2D eigenvalue weighted by Gasteiger charge is 2.17. The highest BCUT2D eigenvalue weighted by molar-refractivity contribution is 5.84. The molecule has 0 aliphatic heterocycles. The third-order valence-electron chi connectivity index (χ3n) is 3.44. The maximum Gasteiger partial charge on any atom is 0.328 e. The molecule has 1 rings (SSSR count). The van der Waals surface area contributed by atoms with E-state index >= 15 is 0 Å². The van der Waals surface area contributed by atoms with Crippen LogP contribution >= 0.6 is 0 Å². The molecule has 22 heavy (non-hydrogen) atoms. The number of rotatable bonds is 8. The number of ether oxygens (including phenoxy) is 2. The Balaban J connectivity index is 2.56. The van der Waals surface area contributed by atoms with E-state index in [1.165, 1.54) is 0 Å². The third kappa shape index (κ3) is 5.39. The van der Waals surface area contributed by atoms with Gasteiger partial charge in [0.15, 0.2) is 6.61 Å². The van der Waals surface area contributed by atoms with Crippen molar-refractivity contribution in [3.8, 4) is 5.75 Å². The van der Waals surface area contributed by atoms with E-state index in [1.807, 2.05) is 24.3 Å². The first-order valence-electron chi connectivity index (χ1n) is 7.67. The smallest absolute Gasteiger partial charge is 0.328 e. The molecule has 2 atom stereocenters. The lowest BCUT2D eigenvalue weighted by atomic mass is 9.98. The molecule has 0 saturated heterocycles. The SMILES string of the molecule is CCOC(=O)C(C)NC(=O)COc1ccccc1C(C)CC. The van der Waals surface area contributed by atoms with Crippen molar-refractivity contribution < 1.29 is 19.1 Å². The van der Waals surface area contributed by atoms with Gasteiger partial charge >= 0.3 is 5.97 Å². The summed E-state index contributed by atoms with van der Waals surface area (Å²) in [6, 6.07) is 7.00. The first-order chi connectivity index (χ1) is 10.5. The van der Waals surface area contributed by atoms with E-state index in [4.69, 9.17) is 9.47 Å². The topological polar surface area (TPSA) is 64.6 Å². The average molecular weight is 307 g/mol. The fraction of sp³-hybridized carbons (Fsp3) is 0.529. The van der Waals surface area contributed by atoms with Crippen LogP contribution in [0.5, 0.6) is 5.75 Å². The summed E-state index contributed by atoms with van der Waals surface area (Å²) < 4.78 is 10.4. The van der Waals surface area contributed by atoms with E-state index in [9.17, 15) is 9.59 Å². The molecule has 0 fully saturated rings. The molecule has 0 bridgehead atoms. The molecule has 1 aromatic rings. The van der Waals surface area contributed by atoms with Crippen molar-refractivity contribution in [3.05, 3.63) is 29.8 Å². The fourth-order valence-corrected chi connectivity index (χ4v) is 1.99. The molecule has 5 heteroatoms. The van der Waals surface area contributed by atoms with Crippen molar-refractivity contribution in [2.75, 3.05) is 13.2 Å². The molecule has 5 nitrogen and oxygen atoms in total. The zero-order valence-electron chi connectivity index (χ0n) is 13.7. The number of para-hydroxylation sites is 1. The van der Waals surface area contributed by atoms with Gasteiger partial charge in [0.05, 0.1) is 6.61 Å². The lowest BCUT2D eigenvalue weighted by molar-refractivity contribution is -0.147. The first kappa shape index (κ1) is 18.0. The summed E-state index contributed by atoms with van der Waals surface area (Å²) in [5, 5.41) is 2.56. The number of hydrogen-bond donors (Lipinski definition) is 1. The summed E-state index contributed by atoms with van der Waals surface area (Å²) in [7, 11) is 0. The van der Waals surface area contributed by atoms with Crippen LogP contribution in [0, 0.1) is 0 Å². The number of amides is 1. The van der Waals surface area contributed by atoms with Crippen LogP contribution < -0.4 is 10.1 Å². The fourth-order valence-electron chi connectivity index (χ4n) is 1.99. The van der Waals surface area contributed by atoms with Gasteiger partial charge in [0.2, 0.25) is 0 Å². The number of carbonyl (C=O) groups excluding carboxylic acids is 2. The van der Waals surface area contributed by atoms with Crippen molar-refractivity contribution >= 4 is 11.9 Å². The normalized spacial score (nSPS) is 13.1. The van der Waals surface area contributed by atoms with Crippen molar-refractivity contribution in [3.63, 3.8) is 0 Å². The van der Waals surface area contributed by atoms with Gasteiger partial charge in [-0.25, -0.2) is 4.79 Å². The molecule has 122 valence electrons. The molecular weight excluding hydrogens is 282 g/mol. The Hall–Kier alpha value is -2.04. The van der Waals surface area contributed by atoms with Crippen LogP contribution in [-0.2, 0) is 14.3 Å². The van der Waals surface area contributed by atoms with Crippen LogP contribution in [0.1, 0.15) is 45.6 Å². The minimum Gasteiger partial charge on any atom is -0.483 e.